The minimum Gasteiger partial charge on any atom is -0.456 e. The van der Waals surface area contributed by atoms with Crippen molar-refractivity contribution in [3.63, 3.8) is 0 Å². The normalized spacial score (nSPS) is 15.7. The molecule has 3 aliphatic carbocycles. The van der Waals surface area contributed by atoms with Gasteiger partial charge in [-0.2, -0.15) is 5.26 Å². The molecule has 2 atom stereocenters. The summed E-state index contributed by atoms with van der Waals surface area (Å²) in [6.45, 7) is 0. The lowest BCUT2D eigenvalue weighted by Crippen LogP contribution is -2.32. The molecule has 3 aliphatic heterocycles. The van der Waals surface area contributed by atoms with Crippen LogP contribution in [0.1, 0.15) is 72.3 Å². The Morgan fingerprint density at radius 1 is 0.258 bits per heavy atom. The smallest absolute Gasteiger partial charge is 0.164 e. The number of pyridine rings is 2. The van der Waals surface area contributed by atoms with Gasteiger partial charge in [0, 0.05) is 78.0 Å². The zero-order valence-electron chi connectivity index (χ0n) is 64.3. The second-order valence-corrected chi connectivity index (χ2v) is 32.1. The summed E-state index contributed by atoms with van der Waals surface area (Å²) in [5, 5.41) is 17.0. The molecule has 554 valence electrons. The minimum absolute atomic E-state index is 0.519. The Hall–Kier alpha value is -16.0. The maximum Gasteiger partial charge on any atom is 0.164 e. The summed E-state index contributed by atoms with van der Waals surface area (Å²) < 4.78 is 21.9. The number of aromatic nitrogens is 4. The molecular formula is C112H63N5O3. The van der Waals surface area contributed by atoms with Crippen LogP contribution < -0.4 is 14.2 Å². The number of hydrogen-bond donors (Lipinski definition) is 0. The van der Waals surface area contributed by atoms with E-state index in [1.165, 1.54) is 22.3 Å². The maximum absolute atomic E-state index is 11.8. The molecule has 0 radical (unpaired) electrons. The van der Waals surface area contributed by atoms with E-state index in [-0.39, 0.29) is 0 Å². The number of para-hydroxylation sites is 7. The van der Waals surface area contributed by atoms with Crippen LogP contribution in [0.3, 0.4) is 0 Å². The fraction of sp³-hybridized carbons (Fsp3) is 0.0268. The van der Waals surface area contributed by atoms with Crippen LogP contribution in [0.4, 0.5) is 0 Å². The first-order valence-corrected chi connectivity index (χ1v) is 40.9. The Kier molecular flexibility index (Phi) is 13.7. The van der Waals surface area contributed by atoms with Crippen LogP contribution in [0.5, 0.6) is 34.5 Å². The third kappa shape index (κ3) is 8.70. The van der Waals surface area contributed by atoms with E-state index in [0.29, 0.717) is 22.9 Å². The highest BCUT2D eigenvalue weighted by Crippen LogP contribution is 2.69. The van der Waals surface area contributed by atoms with Gasteiger partial charge in [-0.25, -0.2) is 15.0 Å². The molecule has 3 aromatic heterocycles. The van der Waals surface area contributed by atoms with Crippen molar-refractivity contribution in [2.24, 2.45) is 0 Å². The Balaban J connectivity index is 0.602. The largest absolute Gasteiger partial charge is 0.456 e. The molecule has 0 amide bonds. The molecule has 6 aliphatic rings. The zero-order valence-corrected chi connectivity index (χ0v) is 64.3. The van der Waals surface area contributed by atoms with E-state index in [4.69, 9.17) is 34.1 Å². The van der Waals surface area contributed by atoms with Gasteiger partial charge in [-0.05, 0) is 154 Å². The summed E-state index contributed by atoms with van der Waals surface area (Å²) in [5.74, 6) is 5.10. The van der Waals surface area contributed by atoms with Crippen molar-refractivity contribution >= 4 is 43.5 Å². The molecule has 26 rings (SSSR count). The van der Waals surface area contributed by atoms with E-state index in [2.05, 4.69) is 376 Å². The van der Waals surface area contributed by atoms with Gasteiger partial charge in [0.15, 0.2) is 5.82 Å². The molecule has 17 aromatic carbocycles. The highest BCUT2D eigenvalue weighted by molar-refractivity contribution is 6.12. The van der Waals surface area contributed by atoms with Crippen molar-refractivity contribution in [2.75, 3.05) is 0 Å². The fourth-order valence-corrected chi connectivity index (χ4v) is 21.9. The van der Waals surface area contributed by atoms with Gasteiger partial charge < -0.3 is 14.2 Å². The quantitative estimate of drug-likeness (QED) is 0.152. The first kappa shape index (κ1) is 66.3. The van der Waals surface area contributed by atoms with Crippen molar-refractivity contribution in [3.8, 4) is 141 Å². The molecule has 20 aromatic rings. The molecular weight excluding hydrogens is 1460 g/mol. The average molecular weight is 1530 g/mol. The van der Waals surface area contributed by atoms with Crippen LogP contribution in [0.15, 0.2) is 382 Å². The molecule has 6 heterocycles. The van der Waals surface area contributed by atoms with E-state index in [1.54, 1.807) is 0 Å². The molecule has 120 heavy (non-hydrogen) atoms. The number of hydrogen-bond acceptors (Lipinski definition) is 8. The third-order valence-electron chi connectivity index (χ3n) is 26.6. The summed E-state index contributed by atoms with van der Waals surface area (Å²) in [6, 6.07) is 137. The number of fused-ring (bicyclic) bond motifs is 32. The van der Waals surface area contributed by atoms with Crippen molar-refractivity contribution in [2.45, 2.75) is 16.2 Å². The third-order valence-corrected chi connectivity index (χ3v) is 26.6. The minimum atomic E-state index is -0.863. The number of rotatable bonds is 6. The van der Waals surface area contributed by atoms with Gasteiger partial charge in [0.2, 0.25) is 0 Å². The van der Waals surface area contributed by atoms with Crippen molar-refractivity contribution in [3.05, 3.63) is 455 Å². The topological polar surface area (TPSA) is 103 Å². The highest BCUT2D eigenvalue weighted by atomic mass is 16.5. The monoisotopic (exact) mass is 1530 g/mol. The second-order valence-electron chi connectivity index (χ2n) is 32.1. The standard InChI is InChI=1S/C112H63N5O3/c113-64-68-63-67(71-33-20-46-91-101(71)79-30-5-10-41-86(79)111(91)90-45-14-18-54-100(90)120-108-83(38-24-50-95(108)111)109-116-96-51-15-7-32-81(96)104(117-109)76-35-19-26-65-25-1-2-27-69(65)76)56-58-70(68)78-36-22-48-93-106(78)118-99-53-17-13-44-89(99)112(93)87-42-11-6-31-80(87)102-75(34-21-47-92(102)112)72-61-62-114-105-77(72)59-55-66-57-60-97(115-103(66)105)82-37-23-49-94-107(82)119-98-52-16-12-43-88(98)110(94)84-39-8-3-28-73(84)74-29-4-9-40-85(74)110/h1-63H. The fourth-order valence-electron chi connectivity index (χ4n) is 21.9. The number of benzene rings is 17. The zero-order chi connectivity index (χ0) is 78.7. The SMILES string of the molecule is N#Cc1cc(-c2cccc3c2-c2ccccc2C32c3ccccc3Oc3c(-c4nc(-c5cccc6ccccc56)c5ccccc5n4)cccc32)ccc1-c1cccc2c1Oc1ccccc1C21c2ccccc2-c2c(-c3ccnc4c3ccc3ccc(-c5cccc6c5Oc5ccccc5C65c6ccccc6-c6ccccc65)nc34)cccc21. The van der Waals surface area contributed by atoms with E-state index in [0.717, 1.165) is 206 Å². The maximum atomic E-state index is 11.8. The van der Waals surface area contributed by atoms with Gasteiger partial charge in [0.05, 0.1) is 61.4 Å². The van der Waals surface area contributed by atoms with Crippen molar-refractivity contribution < 1.29 is 14.2 Å². The van der Waals surface area contributed by atoms with Crippen LogP contribution in [0, 0.1) is 11.3 Å². The van der Waals surface area contributed by atoms with E-state index in [9.17, 15) is 5.26 Å². The summed E-state index contributed by atoms with van der Waals surface area (Å²) in [4.78, 5) is 21.9. The molecule has 0 bridgehead atoms. The molecule has 2 unspecified atom stereocenters. The molecule has 0 N–H and O–H groups in total. The summed E-state index contributed by atoms with van der Waals surface area (Å²) in [5.41, 5.74) is 30.8. The Labute approximate surface area is 690 Å². The molecule has 8 nitrogen and oxygen atoms in total. The van der Waals surface area contributed by atoms with Crippen LogP contribution >= 0.6 is 0 Å². The van der Waals surface area contributed by atoms with Crippen LogP contribution in [0.2, 0.25) is 0 Å². The molecule has 0 fully saturated rings. The Morgan fingerprint density at radius 3 is 1.33 bits per heavy atom. The lowest BCUT2D eigenvalue weighted by molar-refractivity contribution is 0.437. The van der Waals surface area contributed by atoms with E-state index in [1.807, 2.05) is 12.3 Å². The predicted octanol–water partition coefficient (Wildman–Crippen LogP) is 27.2. The van der Waals surface area contributed by atoms with Crippen LogP contribution in [-0.2, 0) is 16.2 Å². The highest BCUT2D eigenvalue weighted by Gasteiger charge is 2.56. The van der Waals surface area contributed by atoms with Gasteiger partial charge in [-0.3, -0.25) is 4.98 Å². The Morgan fingerprint density at radius 2 is 0.700 bits per heavy atom. The van der Waals surface area contributed by atoms with Crippen molar-refractivity contribution in [1.82, 2.24) is 19.9 Å². The van der Waals surface area contributed by atoms with Gasteiger partial charge in [0.1, 0.15) is 34.5 Å². The lowest BCUT2D eigenvalue weighted by Gasteiger charge is -2.40. The van der Waals surface area contributed by atoms with Crippen molar-refractivity contribution in [1.29, 1.82) is 5.26 Å². The lowest BCUT2D eigenvalue weighted by atomic mass is 9.65. The van der Waals surface area contributed by atoms with Crippen LogP contribution in [0.25, 0.3) is 144 Å². The van der Waals surface area contributed by atoms with Gasteiger partial charge in [-0.1, -0.05) is 322 Å². The van der Waals surface area contributed by atoms with Gasteiger partial charge in [-0.15, -0.1) is 0 Å². The number of nitriles is 1. The van der Waals surface area contributed by atoms with Crippen LogP contribution in [-0.4, -0.2) is 19.9 Å². The number of nitrogens with zero attached hydrogens (tertiary/aromatic N) is 5. The average Bonchev–Trinajstić information content (AvgIpc) is 1.58. The van der Waals surface area contributed by atoms with E-state index < -0.39 is 16.2 Å². The molecule has 3 spiro atoms. The summed E-state index contributed by atoms with van der Waals surface area (Å²) in [7, 11) is 0. The molecule has 8 heteroatoms. The molecule has 0 saturated heterocycles. The first-order valence-electron chi connectivity index (χ1n) is 40.9. The van der Waals surface area contributed by atoms with E-state index >= 15 is 0 Å². The first-order chi connectivity index (χ1) is 59.5. The number of ether oxygens (including phenoxy) is 3. The Bertz CT molecular complexity index is 7980. The summed E-state index contributed by atoms with van der Waals surface area (Å²) in [6.07, 6.45) is 1.94. The van der Waals surface area contributed by atoms with Gasteiger partial charge >= 0.3 is 0 Å². The van der Waals surface area contributed by atoms with Gasteiger partial charge in [0.25, 0.3) is 0 Å². The molecule has 0 saturated carbocycles. The second kappa shape index (κ2) is 24.8. The summed E-state index contributed by atoms with van der Waals surface area (Å²) >= 11 is 0. The predicted molar refractivity (Wildman–Crippen MR) is 477 cm³/mol.